The Bertz CT molecular complexity index is 533. The number of hydrogen-bond donors (Lipinski definition) is 1. The number of benzene rings is 1. The number of ether oxygens (including phenoxy) is 1. The van der Waals surface area contributed by atoms with E-state index in [1.54, 1.807) is 7.11 Å². The van der Waals surface area contributed by atoms with E-state index in [0.717, 1.165) is 37.5 Å². The highest BCUT2D eigenvalue weighted by Gasteiger charge is 2.22. The van der Waals surface area contributed by atoms with Crippen LogP contribution in [0.4, 0.5) is 0 Å². The molecule has 21 heavy (non-hydrogen) atoms. The molecular weight excluding hydrogens is 262 g/mol. The monoisotopic (exact) mass is 287 g/mol. The first-order chi connectivity index (χ1) is 10.1. The third kappa shape index (κ3) is 4.21. The van der Waals surface area contributed by atoms with Crippen LogP contribution in [0.5, 0.6) is 5.75 Å². The summed E-state index contributed by atoms with van der Waals surface area (Å²) in [5, 5.41) is 0. The van der Waals surface area contributed by atoms with Crippen LogP contribution in [0, 0.1) is 11.8 Å². The van der Waals surface area contributed by atoms with E-state index in [0.29, 0.717) is 12.6 Å². The van der Waals surface area contributed by atoms with Crippen molar-refractivity contribution in [1.82, 2.24) is 9.80 Å². The summed E-state index contributed by atoms with van der Waals surface area (Å²) in [6, 6.07) is 6.62. The second-order valence-electron chi connectivity index (χ2n) is 5.61. The Hall–Kier alpha value is -1.54. The van der Waals surface area contributed by atoms with Gasteiger partial charge in [-0.1, -0.05) is 11.8 Å². The Labute approximate surface area is 127 Å². The predicted molar refractivity (Wildman–Crippen MR) is 86.3 cm³/mol. The lowest BCUT2D eigenvalue weighted by Gasteiger charge is -2.38. The van der Waals surface area contributed by atoms with Crippen LogP contribution in [0.15, 0.2) is 18.2 Å². The molecule has 0 amide bonds. The zero-order chi connectivity index (χ0) is 15.2. The molecule has 2 rings (SSSR count). The standard InChI is InChI=1S/C17H25N3O/c1-14-12-19(2)9-10-20(14)13-16-11-17(21-3)7-6-15(16)5-4-8-18/h6-7,11,14H,8-10,12-13,18H2,1-3H3. The van der Waals surface area contributed by atoms with Crippen molar-refractivity contribution in [2.75, 3.05) is 40.3 Å². The number of rotatable bonds is 3. The first-order valence-electron chi connectivity index (χ1n) is 7.42. The van der Waals surface area contributed by atoms with Crippen molar-refractivity contribution in [3.05, 3.63) is 29.3 Å². The van der Waals surface area contributed by atoms with Gasteiger partial charge in [0.05, 0.1) is 13.7 Å². The van der Waals surface area contributed by atoms with Crippen molar-refractivity contribution in [1.29, 1.82) is 0 Å². The van der Waals surface area contributed by atoms with E-state index in [2.05, 4.69) is 41.7 Å². The zero-order valence-corrected chi connectivity index (χ0v) is 13.2. The maximum atomic E-state index is 5.49. The summed E-state index contributed by atoms with van der Waals surface area (Å²) in [6.45, 7) is 6.86. The van der Waals surface area contributed by atoms with Crippen LogP contribution in [0.1, 0.15) is 18.1 Å². The molecule has 2 N–H and O–H groups in total. The summed E-state index contributed by atoms with van der Waals surface area (Å²) in [4.78, 5) is 4.88. The lowest BCUT2D eigenvalue weighted by atomic mass is 10.0. The summed E-state index contributed by atoms with van der Waals surface area (Å²) in [5.41, 5.74) is 7.75. The van der Waals surface area contributed by atoms with Gasteiger partial charge in [0, 0.05) is 37.8 Å². The van der Waals surface area contributed by atoms with Gasteiger partial charge in [-0.15, -0.1) is 0 Å². The second kappa shape index (κ2) is 7.46. The molecule has 0 saturated carbocycles. The first-order valence-corrected chi connectivity index (χ1v) is 7.42. The number of hydrogen-bond acceptors (Lipinski definition) is 4. The lowest BCUT2D eigenvalue weighted by Crippen LogP contribution is -2.49. The molecule has 4 heteroatoms. The minimum absolute atomic E-state index is 0.385. The maximum absolute atomic E-state index is 5.49. The SMILES string of the molecule is COc1ccc(C#CCN)c(CN2CCN(C)CC2C)c1. The normalized spacial score (nSPS) is 19.9. The van der Waals surface area contributed by atoms with Crippen LogP contribution in [0.3, 0.4) is 0 Å². The van der Waals surface area contributed by atoms with Crippen LogP contribution < -0.4 is 10.5 Å². The van der Waals surface area contributed by atoms with Gasteiger partial charge in [-0.2, -0.15) is 0 Å². The molecule has 1 heterocycles. The molecule has 0 radical (unpaired) electrons. The highest BCUT2D eigenvalue weighted by molar-refractivity contribution is 5.45. The number of piperazine rings is 1. The molecule has 0 aromatic heterocycles. The van der Waals surface area contributed by atoms with Crippen LogP contribution in [0.25, 0.3) is 0 Å². The van der Waals surface area contributed by atoms with Gasteiger partial charge in [0.25, 0.3) is 0 Å². The zero-order valence-electron chi connectivity index (χ0n) is 13.2. The van der Waals surface area contributed by atoms with Gasteiger partial charge in [-0.25, -0.2) is 0 Å². The Balaban J connectivity index is 2.20. The van der Waals surface area contributed by atoms with Crippen LogP contribution >= 0.6 is 0 Å². The molecule has 1 fully saturated rings. The largest absolute Gasteiger partial charge is 0.497 e. The third-order valence-electron chi connectivity index (χ3n) is 3.98. The minimum Gasteiger partial charge on any atom is -0.497 e. The Kier molecular flexibility index (Phi) is 5.63. The fourth-order valence-electron chi connectivity index (χ4n) is 2.73. The van der Waals surface area contributed by atoms with Crippen LogP contribution in [-0.2, 0) is 6.54 Å². The summed E-state index contributed by atoms with van der Waals surface area (Å²) in [5.74, 6) is 7.00. The van der Waals surface area contributed by atoms with Crippen molar-refractivity contribution in [2.24, 2.45) is 5.73 Å². The van der Waals surface area contributed by atoms with Gasteiger partial charge in [0.1, 0.15) is 5.75 Å². The molecule has 1 aliphatic heterocycles. The molecule has 0 spiro atoms. The quantitative estimate of drug-likeness (QED) is 0.847. The van der Waals surface area contributed by atoms with Gasteiger partial charge in [-0.05, 0) is 37.7 Å². The fraction of sp³-hybridized carbons (Fsp3) is 0.529. The Morgan fingerprint density at radius 2 is 2.19 bits per heavy atom. The topological polar surface area (TPSA) is 41.7 Å². The van der Waals surface area contributed by atoms with Gasteiger partial charge < -0.3 is 15.4 Å². The van der Waals surface area contributed by atoms with E-state index >= 15 is 0 Å². The lowest BCUT2D eigenvalue weighted by molar-refractivity contribution is 0.0937. The smallest absolute Gasteiger partial charge is 0.119 e. The molecule has 1 unspecified atom stereocenters. The predicted octanol–water partition coefficient (Wildman–Crippen LogP) is 1.14. The van der Waals surface area contributed by atoms with E-state index in [1.807, 2.05) is 12.1 Å². The average Bonchev–Trinajstić information content (AvgIpc) is 2.48. The molecule has 4 nitrogen and oxygen atoms in total. The molecular formula is C17H25N3O. The molecule has 1 aromatic carbocycles. The molecule has 114 valence electrons. The highest BCUT2D eigenvalue weighted by Crippen LogP contribution is 2.21. The Morgan fingerprint density at radius 1 is 1.38 bits per heavy atom. The van der Waals surface area contributed by atoms with E-state index in [-0.39, 0.29) is 0 Å². The van der Waals surface area contributed by atoms with E-state index in [1.165, 1.54) is 5.56 Å². The summed E-state index contributed by atoms with van der Waals surface area (Å²) < 4.78 is 5.35. The highest BCUT2D eigenvalue weighted by atomic mass is 16.5. The van der Waals surface area contributed by atoms with E-state index < -0.39 is 0 Å². The number of methoxy groups -OCH3 is 1. The summed E-state index contributed by atoms with van der Waals surface area (Å²) in [7, 11) is 3.88. The number of nitrogens with zero attached hydrogens (tertiary/aromatic N) is 2. The molecule has 1 aromatic rings. The first kappa shape index (κ1) is 15.8. The third-order valence-corrected chi connectivity index (χ3v) is 3.98. The second-order valence-corrected chi connectivity index (χ2v) is 5.61. The van der Waals surface area contributed by atoms with Crippen molar-refractivity contribution >= 4 is 0 Å². The van der Waals surface area contributed by atoms with Crippen molar-refractivity contribution in [3.63, 3.8) is 0 Å². The van der Waals surface area contributed by atoms with Gasteiger partial charge in [-0.3, -0.25) is 4.90 Å². The van der Waals surface area contributed by atoms with Crippen LogP contribution in [0.2, 0.25) is 0 Å². The van der Waals surface area contributed by atoms with Crippen molar-refractivity contribution in [2.45, 2.75) is 19.5 Å². The average molecular weight is 287 g/mol. The van der Waals surface area contributed by atoms with Crippen LogP contribution in [-0.4, -0.2) is 56.2 Å². The van der Waals surface area contributed by atoms with Crippen molar-refractivity contribution < 1.29 is 4.74 Å². The van der Waals surface area contributed by atoms with Gasteiger partial charge in [0.15, 0.2) is 0 Å². The number of nitrogens with two attached hydrogens (primary N) is 1. The Morgan fingerprint density at radius 3 is 2.86 bits per heavy atom. The van der Waals surface area contributed by atoms with Crippen molar-refractivity contribution in [3.8, 4) is 17.6 Å². The maximum Gasteiger partial charge on any atom is 0.119 e. The van der Waals surface area contributed by atoms with Gasteiger partial charge >= 0.3 is 0 Å². The molecule has 0 bridgehead atoms. The van der Waals surface area contributed by atoms with Gasteiger partial charge in [0.2, 0.25) is 0 Å². The summed E-state index contributed by atoms with van der Waals surface area (Å²) in [6.07, 6.45) is 0. The van der Waals surface area contributed by atoms with E-state index in [4.69, 9.17) is 10.5 Å². The molecule has 1 saturated heterocycles. The fourth-order valence-corrected chi connectivity index (χ4v) is 2.73. The van der Waals surface area contributed by atoms with E-state index in [9.17, 15) is 0 Å². The number of likely N-dealkylation sites (N-methyl/N-ethyl adjacent to an activating group) is 1. The molecule has 0 aliphatic carbocycles. The molecule has 1 aliphatic rings. The summed E-state index contributed by atoms with van der Waals surface area (Å²) >= 11 is 0. The molecule has 1 atom stereocenters. The minimum atomic E-state index is 0.385.